The van der Waals surface area contributed by atoms with Gasteiger partial charge in [-0.1, -0.05) is 30.3 Å². The average molecular weight is 293 g/mol. The molecule has 1 atom stereocenters. The van der Waals surface area contributed by atoms with Gasteiger partial charge in [-0.25, -0.2) is 0 Å². The highest BCUT2D eigenvalue weighted by Gasteiger charge is 2.37. The van der Waals surface area contributed by atoms with Gasteiger partial charge in [0, 0.05) is 32.4 Å². The molecule has 1 aromatic carbocycles. The van der Waals surface area contributed by atoms with Gasteiger partial charge in [0.1, 0.15) is 0 Å². The molecule has 0 spiro atoms. The van der Waals surface area contributed by atoms with Crippen LogP contribution in [0.25, 0.3) is 0 Å². The predicted octanol–water partition coefficient (Wildman–Crippen LogP) is 2.00. The summed E-state index contributed by atoms with van der Waals surface area (Å²) in [5.41, 5.74) is 2.32. The summed E-state index contributed by atoms with van der Waals surface area (Å²) < 4.78 is 0. The number of aromatic amines is 1. The van der Waals surface area contributed by atoms with Crippen LogP contribution >= 0.6 is 12.4 Å². The smallest absolute Gasteiger partial charge is 0.0855 e. The molecule has 1 unspecified atom stereocenters. The lowest BCUT2D eigenvalue weighted by atomic mass is 9.86. The number of nitrogens with zero attached hydrogens (tertiary/aromatic N) is 2. The second-order valence-electron chi connectivity index (χ2n) is 5.15. The standard InChI is InChI=1S/C15H20N4.ClH/c1-15(14-7-8-17-18-14,13-5-3-2-4-6-13)19-11-9-16-10-12-19;/h2-8,16H,9-12H2,1H3,(H,17,18);1H. The summed E-state index contributed by atoms with van der Waals surface area (Å²) in [6.07, 6.45) is 1.83. The van der Waals surface area contributed by atoms with Gasteiger partial charge < -0.3 is 5.32 Å². The summed E-state index contributed by atoms with van der Waals surface area (Å²) in [6.45, 7) is 6.45. The summed E-state index contributed by atoms with van der Waals surface area (Å²) in [5, 5.41) is 10.7. The Morgan fingerprint density at radius 3 is 2.40 bits per heavy atom. The minimum Gasteiger partial charge on any atom is -0.314 e. The molecule has 1 aliphatic rings. The van der Waals surface area contributed by atoms with Crippen LogP contribution in [0.15, 0.2) is 42.6 Å². The van der Waals surface area contributed by atoms with Gasteiger partial charge in [-0.15, -0.1) is 12.4 Å². The van der Waals surface area contributed by atoms with Crippen molar-refractivity contribution in [3.63, 3.8) is 0 Å². The van der Waals surface area contributed by atoms with Crippen molar-refractivity contribution < 1.29 is 0 Å². The Balaban J connectivity index is 0.00000147. The normalized spacial score (nSPS) is 19.1. The van der Waals surface area contributed by atoms with Crippen LogP contribution in [0.4, 0.5) is 0 Å². The minimum atomic E-state index is -0.139. The fourth-order valence-electron chi connectivity index (χ4n) is 2.91. The number of halogens is 1. The number of H-pyrrole nitrogens is 1. The van der Waals surface area contributed by atoms with Crippen LogP contribution in [-0.4, -0.2) is 41.3 Å². The highest BCUT2D eigenvalue weighted by atomic mass is 35.5. The number of hydrogen-bond donors (Lipinski definition) is 2. The maximum atomic E-state index is 4.14. The first-order valence-corrected chi connectivity index (χ1v) is 6.83. The van der Waals surface area contributed by atoms with Gasteiger partial charge in [0.05, 0.1) is 11.2 Å². The van der Waals surface area contributed by atoms with E-state index in [9.17, 15) is 0 Å². The summed E-state index contributed by atoms with van der Waals surface area (Å²) in [4.78, 5) is 2.52. The first kappa shape index (κ1) is 15.0. The van der Waals surface area contributed by atoms with Gasteiger partial charge in [-0.3, -0.25) is 10.00 Å². The Morgan fingerprint density at radius 2 is 1.80 bits per heavy atom. The molecule has 5 heteroatoms. The Kier molecular flexibility index (Phi) is 4.81. The highest BCUT2D eigenvalue weighted by Crippen LogP contribution is 2.34. The fourth-order valence-corrected chi connectivity index (χ4v) is 2.91. The molecule has 0 aliphatic carbocycles. The zero-order valence-corrected chi connectivity index (χ0v) is 12.5. The second kappa shape index (κ2) is 6.39. The van der Waals surface area contributed by atoms with Crippen LogP contribution in [-0.2, 0) is 5.54 Å². The van der Waals surface area contributed by atoms with Crippen LogP contribution in [0.2, 0.25) is 0 Å². The number of benzene rings is 1. The number of rotatable bonds is 3. The highest BCUT2D eigenvalue weighted by molar-refractivity contribution is 5.85. The maximum Gasteiger partial charge on any atom is 0.0855 e. The molecule has 0 saturated carbocycles. The molecule has 0 amide bonds. The average Bonchev–Trinajstić information content (AvgIpc) is 3.03. The van der Waals surface area contributed by atoms with E-state index in [2.05, 4.69) is 63.7 Å². The molecular formula is C15H21ClN4. The van der Waals surface area contributed by atoms with E-state index in [4.69, 9.17) is 0 Å². The summed E-state index contributed by atoms with van der Waals surface area (Å²) in [7, 11) is 0. The Hall–Kier alpha value is -1.36. The van der Waals surface area contributed by atoms with Crippen molar-refractivity contribution in [3.8, 4) is 0 Å². The third-order valence-electron chi connectivity index (χ3n) is 4.11. The molecule has 2 aromatic rings. The Labute approximate surface area is 126 Å². The molecule has 3 rings (SSSR count). The molecular weight excluding hydrogens is 272 g/mol. The molecule has 20 heavy (non-hydrogen) atoms. The van der Waals surface area contributed by atoms with E-state index in [0.29, 0.717) is 0 Å². The lowest BCUT2D eigenvalue weighted by Crippen LogP contribution is -2.53. The first-order valence-electron chi connectivity index (χ1n) is 6.83. The second-order valence-corrected chi connectivity index (χ2v) is 5.15. The molecule has 2 heterocycles. The van der Waals surface area contributed by atoms with E-state index in [1.54, 1.807) is 0 Å². The fraction of sp³-hybridized carbons (Fsp3) is 0.400. The SMILES string of the molecule is CC(c1ccccc1)(c1ccn[nH]1)N1CCNCC1.Cl. The molecule has 0 radical (unpaired) electrons. The largest absolute Gasteiger partial charge is 0.314 e. The van der Waals surface area contributed by atoms with Gasteiger partial charge in [0.2, 0.25) is 0 Å². The van der Waals surface area contributed by atoms with E-state index in [1.807, 2.05) is 6.20 Å². The summed E-state index contributed by atoms with van der Waals surface area (Å²) >= 11 is 0. The van der Waals surface area contributed by atoms with Crippen LogP contribution in [0.5, 0.6) is 0 Å². The molecule has 1 aliphatic heterocycles. The number of nitrogens with one attached hydrogen (secondary N) is 2. The van der Waals surface area contributed by atoms with Crippen molar-refractivity contribution in [2.24, 2.45) is 0 Å². The van der Waals surface area contributed by atoms with E-state index in [1.165, 1.54) is 5.56 Å². The topological polar surface area (TPSA) is 44.0 Å². The van der Waals surface area contributed by atoms with E-state index in [-0.39, 0.29) is 17.9 Å². The monoisotopic (exact) mass is 292 g/mol. The Morgan fingerprint density at radius 1 is 1.10 bits per heavy atom. The van der Waals surface area contributed by atoms with Crippen molar-refractivity contribution in [2.75, 3.05) is 26.2 Å². The maximum absolute atomic E-state index is 4.14. The van der Waals surface area contributed by atoms with E-state index < -0.39 is 0 Å². The third kappa shape index (κ3) is 2.59. The van der Waals surface area contributed by atoms with Gasteiger partial charge in [0.15, 0.2) is 0 Å². The zero-order chi connectivity index (χ0) is 13.1. The van der Waals surface area contributed by atoms with E-state index >= 15 is 0 Å². The lowest BCUT2D eigenvalue weighted by molar-refractivity contribution is 0.116. The predicted molar refractivity (Wildman–Crippen MR) is 83.2 cm³/mol. The number of piperazine rings is 1. The van der Waals surface area contributed by atoms with Gasteiger partial charge in [0.25, 0.3) is 0 Å². The Bertz CT molecular complexity index is 508. The van der Waals surface area contributed by atoms with Crippen molar-refractivity contribution in [1.82, 2.24) is 20.4 Å². The van der Waals surface area contributed by atoms with Crippen molar-refractivity contribution in [2.45, 2.75) is 12.5 Å². The summed E-state index contributed by atoms with van der Waals surface area (Å²) in [5.74, 6) is 0. The van der Waals surface area contributed by atoms with Crippen LogP contribution in [0, 0.1) is 0 Å². The van der Waals surface area contributed by atoms with Crippen LogP contribution in [0.3, 0.4) is 0 Å². The quantitative estimate of drug-likeness (QED) is 0.909. The van der Waals surface area contributed by atoms with Gasteiger partial charge in [-0.05, 0) is 18.6 Å². The molecule has 1 aromatic heterocycles. The zero-order valence-electron chi connectivity index (χ0n) is 11.7. The van der Waals surface area contributed by atoms with Crippen molar-refractivity contribution >= 4 is 12.4 Å². The minimum absolute atomic E-state index is 0. The van der Waals surface area contributed by atoms with Crippen molar-refractivity contribution in [3.05, 3.63) is 53.9 Å². The molecule has 4 nitrogen and oxygen atoms in total. The van der Waals surface area contributed by atoms with E-state index in [0.717, 1.165) is 31.9 Å². The van der Waals surface area contributed by atoms with Crippen molar-refractivity contribution in [1.29, 1.82) is 0 Å². The van der Waals surface area contributed by atoms with Crippen LogP contribution in [0.1, 0.15) is 18.2 Å². The van der Waals surface area contributed by atoms with Gasteiger partial charge >= 0.3 is 0 Å². The van der Waals surface area contributed by atoms with Gasteiger partial charge in [-0.2, -0.15) is 5.10 Å². The van der Waals surface area contributed by atoms with Crippen LogP contribution < -0.4 is 5.32 Å². The molecule has 1 saturated heterocycles. The number of hydrogen-bond acceptors (Lipinski definition) is 3. The molecule has 0 bridgehead atoms. The molecule has 108 valence electrons. The third-order valence-corrected chi connectivity index (χ3v) is 4.11. The number of aromatic nitrogens is 2. The molecule has 2 N–H and O–H groups in total. The summed E-state index contributed by atoms with van der Waals surface area (Å²) in [6, 6.07) is 12.7. The first-order chi connectivity index (χ1) is 9.32. The molecule has 1 fully saturated rings. The lowest BCUT2D eigenvalue weighted by Gasteiger charge is -2.43.